The fourth-order valence-electron chi connectivity index (χ4n) is 1.82. The van der Waals surface area contributed by atoms with Gasteiger partial charge in [0.25, 0.3) is 0 Å². The number of aromatic nitrogens is 3. The Morgan fingerprint density at radius 2 is 2.47 bits per heavy atom. The van der Waals surface area contributed by atoms with Crippen LogP contribution < -0.4 is 10.6 Å². The van der Waals surface area contributed by atoms with Crippen LogP contribution in [0.25, 0.3) is 5.65 Å². The number of hydrogen-bond acceptors (Lipinski definition) is 4. The van der Waals surface area contributed by atoms with Gasteiger partial charge in [0.05, 0.1) is 10.5 Å². The standard InChI is InChI=1S/C10H10BrN5O/c11-7-2-1-3-16-9(7)14-10(15-16)13-6-4-8(17)12-5-6/h1-3,6H,4-5H2,(H,12,17)(H,13,15). The second-order valence-electron chi connectivity index (χ2n) is 3.91. The molecular formula is C10H10BrN5O. The molecule has 0 bridgehead atoms. The SMILES string of the molecule is O=C1CC(Nc2nc3c(Br)cccn3n2)CN1. The number of carbonyl (C=O) groups excluding carboxylic acids is 1. The molecule has 0 aromatic carbocycles. The lowest BCUT2D eigenvalue weighted by molar-refractivity contribution is -0.119. The molecule has 88 valence electrons. The maximum absolute atomic E-state index is 11.1. The number of halogens is 1. The molecule has 1 saturated heterocycles. The number of fused-ring (bicyclic) bond motifs is 1. The average molecular weight is 296 g/mol. The number of rotatable bonds is 2. The summed E-state index contributed by atoms with van der Waals surface area (Å²) in [6.07, 6.45) is 2.30. The normalized spacial score (nSPS) is 19.6. The Morgan fingerprint density at radius 3 is 3.18 bits per heavy atom. The van der Waals surface area contributed by atoms with Gasteiger partial charge in [0, 0.05) is 19.2 Å². The van der Waals surface area contributed by atoms with E-state index in [0.717, 1.165) is 10.1 Å². The lowest BCUT2D eigenvalue weighted by Gasteiger charge is -2.06. The fourth-order valence-corrected chi connectivity index (χ4v) is 2.25. The zero-order valence-corrected chi connectivity index (χ0v) is 10.4. The minimum absolute atomic E-state index is 0.0624. The highest BCUT2D eigenvalue weighted by Crippen LogP contribution is 2.17. The molecular weight excluding hydrogens is 286 g/mol. The van der Waals surface area contributed by atoms with E-state index < -0.39 is 0 Å². The van der Waals surface area contributed by atoms with Crippen LogP contribution in [0, 0.1) is 0 Å². The number of amides is 1. The van der Waals surface area contributed by atoms with E-state index in [9.17, 15) is 4.79 Å². The van der Waals surface area contributed by atoms with Gasteiger partial charge in [0.2, 0.25) is 11.9 Å². The molecule has 0 spiro atoms. The van der Waals surface area contributed by atoms with Gasteiger partial charge < -0.3 is 10.6 Å². The topological polar surface area (TPSA) is 71.3 Å². The lowest BCUT2D eigenvalue weighted by Crippen LogP contribution is -2.22. The molecule has 7 heteroatoms. The van der Waals surface area contributed by atoms with Crippen LogP contribution >= 0.6 is 15.9 Å². The van der Waals surface area contributed by atoms with E-state index in [-0.39, 0.29) is 11.9 Å². The Morgan fingerprint density at radius 1 is 1.59 bits per heavy atom. The molecule has 17 heavy (non-hydrogen) atoms. The Kier molecular flexibility index (Phi) is 2.47. The summed E-state index contributed by atoms with van der Waals surface area (Å²) in [5.41, 5.74) is 0.757. The Balaban J connectivity index is 1.86. The van der Waals surface area contributed by atoms with Crippen LogP contribution in [0.5, 0.6) is 0 Å². The van der Waals surface area contributed by atoms with E-state index in [1.807, 2.05) is 18.3 Å². The smallest absolute Gasteiger partial charge is 0.243 e. The van der Waals surface area contributed by atoms with Crippen LogP contribution in [0.2, 0.25) is 0 Å². The Bertz CT molecular complexity index is 581. The first-order valence-electron chi connectivity index (χ1n) is 5.26. The molecule has 0 aliphatic carbocycles. The van der Waals surface area contributed by atoms with Gasteiger partial charge in [-0.3, -0.25) is 4.79 Å². The molecule has 1 aliphatic rings. The molecule has 1 amide bonds. The largest absolute Gasteiger partial charge is 0.354 e. The van der Waals surface area contributed by atoms with Crippen LogP contribution in [-0.2, 0) is 4.79 Å². The van der Waals surface area contributed by atoms with Gasteiger partial charge in [-0.05, 0) is 28.1 Å². The van der Waals surface area contributed by atoms with Gasteiger partial charge in [0.1, 0.15) is 0 Å². The first-order chi connectivity index (χ1) is 8.22. The van der Waals surface area contributed by atoms with Gasteiger partial charge in [-0.2, -0.15) is 4.98 Å². The van der Waals surface area contributed by atoms with Gasteiger partial charge in [-0.15, -0.1) is 5.10 Å². The molecule has 0 radical (unpaired) electrons. The second kappa shape index (κ2) is 3.99. The fraction of sp³-hybridized carbons (Fsp3) is 0.300. The molecule has 2 N–H and O–H groups in total. The summed E-state index contributed by atoms with van der Waals surface area (Å²) in [6.45, 7) is 0.621. The van der Waals surface area contributed by atoms with Crippen molar-refractivity contribution in [1.82, 2.24) is 19.9 Å². The molecule has 3 heterocycles. The molecule has 1 fully saturated rings. The molecule has 3 rings (SSSR count). The van der Waals surface area contributed by atoms with E-state index >= 15 is 0 Å². The van der Waals surface area contributed by atoms with Crippen LogP contribution in [0.15, 0.2) is 22.8 Å². The highest BCUT2D eigenvalue weighted by Gasteiger charge is 2.22. The molecule has 2 aromatic rings. The summed E-state index contributed by atoms with van der Waals surface area (Å²) >= 11 is 3.41. The van der Waals surface area contributed by atoms with Gasteiger partial charge in [-0.25, -0.2) is 4.52 Å². The lowest BCUT2D eigenvalue weighted by atomic mass is 10.3. The van der Waals surface area contributed by atoms with E-state index in [2.05, 4.69) is 36.6 Å². The van der Waals surface area contributed by atoms with Crippen molar-refractivity contribution in [2.75, 3.05) is 11.9 Å². The molecule has 2 aromatic heterocycles. The summed E-state index contributed by atoms with van der Waals surface area (Å²) in [7, 11) is 0. The number of pyridine rings is 1. The highest BCUT2D eigenvalue weighted by molar-refractivity contribution is 9.10. The molecule has 1 aliphatic heterocycles. The summed E-state index contributed by atoms with van der Waals surface area (Å²) in [5, 5.41) is 10.2. The third kappa shape index (κ3) is 1.97. The predicted octanol–water partition coefficient (Wildman–Crippen LogP) is 0.792. The van der Waals surface area contributed by atoms with Crippen molar-refractivity contribution in [2.45, 2.75) is 12.5 Å². The third-order valence-corrected chi connectivity index (χ3v) is 3.24. The van der Waals surface area contributed by atoms with E-state index in [0.29, 0.717) is 18.9 Å². The predicted molar refractivity (Wildman–Crippen MR) is 65.7 cm³/mol. The van der Waals surface area contributed by atoms with Crippen molar-refractivity contribution in [3.63, 3.8) is 0 Å². The first kappa shape index (κ1) is 10.5. The van der Waals surface area contributed by atoms with Crippen LogP contribution in [0.4, 0.5) is 5.95 Å². The number of nitrogens with zero attached hydrogens (tertiary/aromatic N) is 3. The zero-order chi connectivity index (χ0) is 11.8. The van der Waals surface area contributed by atoms with Crippen molar-refractivity contribution < 1.29 is 4.79 Å². The number of carbonyl (C=O) groups is 1. The quantitative estimate of drug-likeness (QED) is 0.859. The third-order valence-electron chi connectivity index (χ3n) is 2.63. The number of anilines is 1. The first-order valence-corrected chi connectivity index (χ1v) is 6.06. The second-order valence-corrected chi connectivity index (χ2v) is 4.76. The van der Waals surface area contributed by atoms with Gasteiger partial charge >= 0.3 is 0 Å². The van der Waals surface area contributed by atoms with E-state index in [1.54, 1.807) is 4.52 Å². The van der Waals surface area contributed by atoms with Crippen LogP contribution in [-0.4, -0.2) is 33.1 Å². The molecule has 6 nitrogen and oxygen atoms in total. The molecule has 1 atom stereocenters. The summed E-state index contributed by atoms with van der Waals surface area (Å²) in [5.74, 6) is 0.603. The average Bonchev–Trinajstić information content (AvgIpc) is 2.86. The maximum Gasteiger partial charge on any atom is 0.243 e. The Hall–Kier alpha value is -1.63. The Labute approximate surface area is 106 Å². The van der Waals surface area contributed by atoms with Crippen molar-refractivity contribution >= 4 is 33.4 Å². The zero-order valence-electron chi connectivity index (χ0n) is 8.85. The van der Waals surface area contributed by atoms with Crippen molar-refractivity contribution in [3.8, 4) is 0 Å². The monoisotopic (exact) mass is 295 g/mol. The van der Waals surface area contributed by atoms with E-state index in [1.165, 1.54) is 0 Å². The van der Waals surface area contributed by atoms with Crippen molar-refractivity contribution in [3.05, 3.63) is 22.8 Å². The maximum atomic E-state index is 11.1. The van der Waals surface area contributed by atoms with Gasteiger partial charge in [-0.1, -0.05) is 0 Å². The minimum Gasteiger partial charge on any atom is -0.354 e. The summed E-state index contributed by atoms with van der Waals surface area (Å²) < 4.78 is 2.58. The van der Waals surface area contributed by atoms with Crippen molar-refractivity contribution in [1.29, 1.82) is 0 Å². The number of hydrogen-bond donors (Lipinski definition) is 2. The molecule has 1 unspecified atom stereocenters. The molecule has 0 saturated carbocycles. The van der Waals surface area contributed by atoms with Crippen LogP contribution in [0.1, 0.15) is 6.42 Å². The minimum atomic E-state index is 0.0624. The highest BCUT2D eigenvalue weighted by atomic mass is 79.9. The van der Waals surface area contributed by atoms with Gasteiger partial charge in [0.15, 0.2) is 5.65 Å². The van der Waals surface area contributed by atoms with E-state index in [4.69, 9.17) is 0 Å². The summed E-state index contributed by atoms with van der Waals surface area (Å²) in [4.78, 5) is 15.4. The van der Waals surface area contributed by atoms with Crippen molar-refractivity contribution in [2.24, 2.45) is 0 Å². The summed E-state index contributed by atoms with van der Waals surface area (Å²) in [6, 6.07) is 3.86. The number of nitrogens with one attached hydrogen (secondary N) is 2. The van der Waals surface area contributed by atoms with Crippen LogP contribution in [0.3, 0.4) is 0 Å².